The lowest BCUT2D eigenvalue weighted by Gasteiger charge is -2.14. The molecule has 0 aliphatic heterocycles. The van der Waals surface area contributed by atoms with Gasteiger partial charge < -0.3 is 10.1 Å². The number of ether oxygens (including phenoxy) is 1. The van der Waals surface area contributed by atoms with Crippen LogP contribution in [0.25, 0.3) is 0 Å². The van der Waals surface area contributed by atoms with Crippen LogP contribution in [0, 0.1) is 0 Å². The third-order valence-electron chi connectivity index (χ3n) is 3.18. The molecule has 2 rings (SSSR count). The molecule has 0 bridgehead atoms. The van der Waals surface area contributed by atoms with Crippen LogP contribution in [0.5, 0.6) is 5.75 Å². The average Bonchev–Trinajstić information content (AvgIpc) is 2.54. The van der Waals surface area contributed by atoms with E-state index in [0.717, 1.165) is 10.6 Å². The topological polar surface area (TPSA) is 38.3 Å². The van der Waals surface area contributed by atoms with Gasteiger partial charge in [-0.05, 0) is 30.7 Å². The van der Waals surface area contributed by atoms with E-state index in [0.29, 0.717) is 17.2 Å². The highest BCUT2D eigenvalue weighted by molar-refractivity contribution is 7.99. The van der Waals surface area contributed by atoms with E-state index in [-0.39, 0.29) is 11.2 Å². The largest absolute Gasteiger partial charge is 0.495 e. The number of methoxy groups -OCH3 is 1. The molecule has 0 saturated heterocycles. The van der Waals surface area contributed by atoms with Gasteiger partial charge in [0.25, 0.3) is 0 Å². The molecule has 0 spiro atoms. The zero-order valence-electron chi connectivity index (χ0n) is 12.5. The summed E-state index contributed by atoms with van der Waals surface area (Å²) in [6.45, 7) is 1.88. The highest BCUT2D eigenvalue weighted by Gasteiger charge is 2.15. The molecule has 1 N–H and O–H groups in total. The van der Waals surface area contributed by atoms with Gasteiger partial charge in [-0.15, -0.1) is 11.8 Å². The molecule has 2 aromatic rings. The SMILES string of the molecule is COc1ccccc1NC(=O)[C@@H](C)SCc1ccccc1Cl. The molecule has 22 heavy (non-hydrogen) atoms. The molecule has 0 radical (unpaired) electrons. The summed E-state index contributed by atoms with van der Waals surface area (Å²) in [5.74, 6) is 1.29. The van der Waals surface area contributed by atoms with Crippen LogP contribution >= 0.6 is 23.4 Å². The van der Waals surface area contributed by atoms with Gasteiger partial charge in [0.15, 0.2) is 0 Å². The first-order valence-electron chi connectivity index (χ1n) is 6.90. The minimum Gasteiger partial charge on any atom is -0.495 e. The average molecular weight is 336 g/mol. The molecule has 0 aliphatic carbocycles. The minimum absolute atomic E-state index is 0.0541. The summed E-state index contributed by atoms with van der Waals surface area (Å²) in [7, 11) is 1.58. The fourth-order valence-electron chi connectivity index (χ4n) is 1.89. The maximum Gasteiger partial charge on any atom is 0.237 e. The van der Waals surface area contributed by atoms with Crippen molar-refractivity contribution in [1.29, 1.82) is 0 Å². The van der Waals surface area contributed by atoms with E-state index in [1.54, 1.807) is 18.9 Å². The van der Waals surface area contributed by atoms with Gasteiger partial charge >= 0.3 is 0 Å². The number of benzene rings is 2. The molecule has 3 nitrogen and oxygen atoms in total. The molecule has 0 heterocycles. The summed E-state index contributed by atoms with van der Waals surface area (Å²) >= 11 is 7.67. The molecule has 0 unspecified atom stereocenters. The summed E-state index contributed by atoms with van der Waals surface area (Å²) < 4.78 is 5.23. The highest BCUT2D eigenvalue weighted by Crippen LogP contribution is 2.26. The van der Waals surface area contributed by atoms with Crippen LogP contribution in [0.2, 0.25) is 5.02 Å². The van der Waals surface area contributed by atoms with Crippen molar-refractivity contribution in [2.24, 2.45) is 0 Å². The lowest BCUT2D eigenvalue weighted by molar-refractivity contribution is -0.115. The maximum atomic E-state index is 12.3. The van der Waals surface area contributed by atoms with Crippen LogP contribution in [0.4, 0.5) is 5.69 Å². The van der Waals surface area contributed by atoms with Gasteiger partial charge in [0.2, 0.25) is 5.91 Å². The fourth-order valence-corrected chi connectivity index (χ4v) is 3.06. The summed E-state index contributed by atoms with van der Waals surface area (Å²) in [6.07, 6.45) is 0. The Morgan fingerprint density at radius 1 is 1.23 bits per heavy atom. The molecular formula is C17H18ClNO2S. The summed E-state index contributed by atoms with van der Waals surface area (Å²) in [6, 6.07) is 15.0. The predicted molar refractivity (Wildman–Crippen MR) is 93.8 cm³/mol. The number of anilines is 1. The van der Waals surface area contributed by atoms with Crippen molar-refractivity contribution in [2.45, 2.75) is 17.9 Å². The van der Waals surface area contributed by atoms with E-state index in [1.807, 2.05) is 55.5 Å². The van der Waals surface area contributed by atoms with Gasteiger partial charge in [-0.1, -0.05) is 41.9 Å². The van der Waals surface area contributed by atoms with Gasteiger partial charge in [0.05, 0.1) is 18.0 Å². The first kappa shape index (κ1) is 16.7. The van der Waals surface area contributed by atoms with E-state index < -0.39 is 0 Å². The Morgan fingerprint density at radius 3 is 2.64 bits per heavy atom. The molecule has 0 saturated carbocycles. The summed E-state index contributed by atoms with van der Waals surface area (Å²) in [5, 5.41) is 3.43. The van der Waals surface area contributed by atoms with E-state index in [4.69, 9.17) is 16.3 Å². The third-order valence-corrected chi connectivity index (χ3v) is 4.74. The molecular weight excluding hydrogens is 318 g/mol. The lowest BCUT2D eigenvalue weighted by Crippen LogP contribution is -2.22. The van der Waals surface area contributed by atoms with Crippen LogP contribution in [0.3, 0.4) is 0 Å². The van der Waals surface area contributed by atoms with E-state index in [2.05, 4.69) is 5.32 Å². The van der Waals surface area contributed by atoms with Crippen LogP contribution in [0.15, 0.2) is 48.5 Å². The zero-order chi connectivity index (χ0) is 15.9. The number of thioether (sulfide) groups is 1. The second kappa shape index (κ2) is 8.11. The van der Waals surface area contributed by atoms with Crippen molar-refractivity contribution in [3.8, 4) is 5.75 Å². The van der Waals surface area contributed by atoms with Gasteiger partial charge in [-0.2, -0.15) is 0 Å². The van der Waals surface area contributed by atoms with E-state index in [9.17, 15) is 4.79 Å². The molecule has 116 valence electrons. The quantitative estimate of drug-likeness (QED) is 0.837. The number of hydrogen-bond acceptors (Lipinski definition) is 3. The van der Waals surface area contributed by atoms with Crippen molar-refractivity contribution in [3.63, 3.8) is 0 Å². The Balaban J connectivity index is 1.94. The molecule has 2 aromatic carbocycles. The predicted octanol–water partition coefficient (Wildman–Crippen LogP) is 4.61. The van der Waals surface area contributed by atoms with Gasteiger partial charge in [0.1, 0.15) is 5.75 Å². The van der Waals surface area contributed by atoms with E-state index in [1.165, 1.54) is 0 Å². The number of carbonyl (C=O) groups is 1. The molecule has 0 fully saturated rings. The lowest BCUT2D eigenvalue weighted by atomic mass is 10.2. The Kier molecular flexibility index (Phi) is 6.16. The van der Waals surface area contributed by atoms with Crippen molar-refractivity contribution in [1.82, 2.24) is 0 Å². The Labute approximate surface area is 140 Å². The first-order chi connectivity index (χ1) is 10.6. The number of rotatable bonds is 6. The zero-order valence-corrected chi connectivity index (χ0v) is 14.1. The van der Waals surface area contributed by atoms with Crippen molar-refractivity contribution >= 4 is 35.0 Å². The number of carbonyl (C=O) groups excluding carboxylic acids is 1. The Hall–Kier alpha value is -1.65. The first-order valence-corrected chi connectivity index (χ1v) is 8.33. The maximum absolute atomic E-state index is 12.3. The van der Waals surface area contributed by atoms with Crippen LogP contribution in [0.1, 0.15) is 12.5 Å². The van der Waals surface area contributed by atoms with Crippen LogP contribution < -0.4 is 10.1 Å². The van der Waals surface area contributed by atoms with Crippen molar-refractivity contribution in [2.75, 3.05) is 12.4 Å². The molecule has 0 aliphatic rings. The summed E-state index contributed by atoms with van der Waals surface area (Å²) in [4.78, 5) is 12.3. The van der Waals surface area contributed by atoms with Gasteiger partial charge in [0, 0.05) is 10.8 Å². The van der Waals surface area contributed by atoms with E-state index >= 15 is 0 Å². The molecule has 1 atom stereocenters. The number of amides is 1. The highest BCUT2D eigenvalue weighted by atomic mass is 35.5. The monoisotopic (exact) mass is 335 g/mol. The van der Waals surface area contributed by atoms with Gasteiger partial charge in [-0.3, -0.25) is 4.79 Å². The number of nitrogens with one attached hydrogen (secondary N) is 1. The minimum atomic E-state index is -0.193. The van der Waals surface area contributed by atoms with Crippen LogP contribution in [-0.2, 0) is 10.5 Å². The molecule has 0 aromatic heterocycles. The fraction of sp³-hybridized carbons (Fsp3) is 0.235. The van der Waals surface area contributed by atoms with Gasteiger partial charge in [-0.25, -0.2) is 0 Å². The Morgan fingerprint density at radius 2 is 1.91 bits per heavy atom. The number of para-hydroxylation sites is 2. The Bertz CT molecular complexity index is 648. The second-order valence-electron chi connectivity index (χ2n) is 4.73. The second-order valence-corrected chi connectivity index (χ2v) is 6.47. The normalized spacial score (nSPS) is 11.8. The number of halogens is 1. The van der Waals surface area contributed by atoms with Crippen molar-refractivity contribution in [3.05, 3.63) is 59.1 Å². The van der Waals surface area contributed by atoms with Crippen molar-refractivity contribution < 1.29 is 9.53 Å². The third kappa shape index (κ3) is 4.42. The number of hydrogen-bond donors (Lipinski definition) is 1. The summed E-state index contributed by atoms with van der Waals surface area (Å²) in [5.41, 5.74) is 1.71. The molecule has 1 amide bonds. The molecule has 5 heteroatoms. The standard InChI is InChI=1S/C17H18ClNO2S/c1-12(22-11-13-7-3-4-8-14(13)18)17(20)19-15-9-5-6-10-16(15)21-2/h3-10,12H,11H2,1-2H3,(H,19,20)/t12-/m1/s1. The van der Waals surface area contributed by atoms with Crippen LogP contribution in [-0.4, -0.2) is 18.3 Å². The smallest absolute Gasteiger partial charge is 0.237 e.